The molecule has 0 N–H and O–H groups in total. The van der Waals surface area contributed by atoms with Crippen molar-refractivity contribution in [1.82, 2.24) is 0 Å². The van der Waals surface area contributed by atoms with Crippen LogP contribution in [0.2, 0.25) is 0 Å². The van der Waals surface area contributed by atoms with E-state index in [0.29, 0.717) is 36.9 Å². The second-order valence-corrected chi connectivity index (χ2v) is 12.2. The van der Waals surface area contributed by atoms with Crippen molar-refractivity contribution < 1.29 is 19.0 Å². The normalized spacial score (nSPS) is 43.0. The van der Waals surface area contributed by atoms with E-state index in [9.17, 15) is 4.79 Å². The lowest BCUT2D eigenvalue weighted by Crippen LogP contribution is -2.59. The van der Waals surface area contributed by atoms with Crippen LogP contribution < -0.4 is 0 Å². The molecule has 4 rings (SSSR count). The first kappa shape index (κ1) is 25.1. The summed E-state index contributed by atoms with van der Waals surface area (Å²) in [5.74, 6) is 4.33. The summed E-state index contributed by atoms with van der Waals surface area (Å²) in [6, 6.07) is 0. The van der Waals surface area contributed by atoms with E-state index < -0.39 is 0 Å². The number of fused-ring (bicyclic) bond motifs is 5. The zero-order valence-electron chi connectivity index (χ0n) is 21.7. The second kappa shape index (κ2) is 10.3. The van der Waals surface area contributed by atoms with E-state index in [1.54, 1.807) is 0 Å². The SMILES string of the molecule is C=COCCOC1CC2C(CCC3CCCCC32C)C2CCC(C(C)CCC(=O)OC)C12C. The number of hydrogen-bond donors (Lipinski definition) is 0. The molecule has 0 bridgehead atoms. The molecule has 4 saturated carbocycles. The molecule has 33 heavy (non-hydrogen) atoms. The Morgan fingerprint density at radius 3 is 2.67 bits per heavy atom. The van der Waals surface area contributed by atoms with Gasteiger partial charge in [0.05, 0.1) is 26.1 Å². The van der Waals surface area contributed by atoms with Crippen LogP contribution in [-0.4, -0.2) is 32.4 Å². The Labute approximate surface area is 202 Å². The summed E-state index contributed by atoms with van der Waals surface area (Å²) in [5, 5.41) is 0. The highest BCUT2D eigenvalue weighted by atomic mass is 16.5. The maximum absolute atomic E-state index is 11.8. The Hall–Kier alpha value is -1.03. The van der Waals surface area contributed by atoms with Crippen LogP contribution in [0.25, 0.3) is 0 Å². The van der Waals surface area contributed by atoms with Gasteiger partial charge in [-0.25, -0.2) is 0 Å². The van der Waals surface area contributed by atoms with Gasteiger partial charge in [0.1, 0.15) is 6.61 Å². The van der Waals surface area contributed by atoms with Gasteiger partial charge >= 0.3 is 5.97 Å². The molecule has 4 heteroatoms. The lowest BCUT2D eigenvalue weighted by molar-refractivity contribution is -0.187. The number of rotatable bonds is 9. The molecule has 0 heterocycles. The third-order valence-electron chi connectivity index (χ3n) is 11.1. The minimum atomic E-state index is -0.0804. The highest BCUT2D eigenvalue weighted by Gasteiger charge is 2.64. The van der Waals surface area contributed by atoms with Gasteiger partial charge in [-0.05, 0) is 97.7 Å². The second-order valence-electron chi connectivity index (χ2n) is 12.2. The highest BCUT2D eigenvalue weighted by Crippen LogP contribution is 2.68. The topological polar surface area (TPSA) is 44.8 Å². The van der Waals surface area contributed by atoms with Crippen molar-refractivity contribution in [2.75, 3.05) is 20.3 Å². The van der Waals surface area contributed by atoms with Gasteiger partial charge in [-0.2, -0.15) is 0 Å². The Morgan fingerprint density at radius 1 is 1.09 bits per heavy atom. The van der Waals surface area contributed by atoms with Crippen molar-refractivity contribution >= 4 is 5.97 Å². The fourth-order valence-electron chi connectivity index (χ4n) is 9.41. The van der Waals surface area contributed by atoms with E-state index in [0.717, 1.165) is 30.1 Å². The minimum Gasteiger partial charge on any atom is -0.499 e. The van der Waals surface area contributed by atoms with Gasteiger partial charge in [0, 0.05) is 6.42 Å². The van der Waals surface area contributed by atoms with Crippen LogP contribution >= 0.6 is 0 Å². The molecule has 9 unspecified atom stereocenters. The third kappa shape index (κ3) is 4.50. The molecular weight excluding hydrogens is 412 g/mol. The van der Waals surface area contributed by atoms with Gasteiger partial charge in [0.25, 0.3) is 0 Å². The Balaban J connectivity index is 1.58. The number of carbonyl (C=O) groups excluding carboxylic acids is 1. The number of carbonyl (C=O) groups is 1. The Morgan fingerprint density at radius 2 is 1.91 bits per heavy atom. The van der Waals surface area contributed by atoms with Gasteiger partial charge in [-0.3, -0.25) is 4.79 Å². The first-order chi connectivity index (χ1) is 15.9. The van der Waals surface area contributed by atoms with Crippen LogP contribution in [0, 0.1) is 46.3 Å². The molecule has 4 aliphatic rings. The molecule has 0 aliphatic heterocycles. The molecule has 188 valence electrons. The summed E-state index contributed by atoms with van der Waals surface area (Å²) in [5.41, 5.74) is 0.680. The van der Waals surface area contributed by atoms with Crippen molar-refractivity contribution in [2.45, 2.75) is 97.5 Å². The molecule has 4 aliphatic carbocycles. The summed E-state index contributed by atoms with van der Waals surface area (Å²) in [6.07, 6.45) is 15.6. The number of methoxy groups -OCH3 is 1. The monoisotopic (exact) mass is 460 g/mol. The van der Waals surface area contributed by atoms with Crippen molar-refractivity contribution in [3.8, 4) is 0 Å². The number of esters is 1. The summed E-state index contributed by atoms with van der Waals surface area (Å²) < 4.78 is 17.1. The number of ether oxygens (including phenoxy) is 3. The molecule has 0 radical (unpaired) electrons. The largest absolute Gasteiger partial charge is 0.499 e. The van der Waals surface area contributed by atoms with Crippen molar-refractivity contribution in [1.29, 1.82) is 0 Å². The van der Waals surface area contributed by atoms with E-state index in [1.807, 2.05) is 0 Å². The summed E-state index contributed by atoms with van der Waals surface area (Å²) >= 11 is 0. The fraction of sp³-hybridized carbons (Fsp3) is 0.897. The van der Waals surface area contributed by atoms with Crippen LogP contribution in [0.3, 0.4) is 0 Å². The molecule has 0 saturated heterocycles. The molecule has 4 nitrogen and oxygen atoms in total. The lowest BCUT2D eigenvalue weighted by atomic mass is 9.44. The molecule has 0 aromatic heterocycles. The first-order valence-corrected chi connectivity index (χ1v) is 13.8. The average Bonchev–Trinajstić information content (AvgIpc) is 3.18. The predicted molar refractivity (Wildman–Crippen MR) is 132 cm³/mol. The first-order valence-electron chi connectivity index (χ1n) is 13.8. The molecule has 4 fully saturated rings. The highest BCUT2D eigenvalue weighted by molar-refractivity contribution is 5.69. The van der Waals surface area contributed by atoms with E-state index in [4.69, 9.17) is 14.2 Å². The zero-order valence-corrected chi connectivity index (χ0v) is 21.7. The summed E-state index contributed by atoms with van der Waals surface area (Å²) in [7, 11) is 1.50. The van der Waals surface area contributed by atoms with Crippen LogP contribution in [0.5, 0.6) is 0 Å². The predicted octanol–water partition coefficient (Wildman–Crippen LogP) is 6.78. The maximum Gasteiger partial charge on any atom is 0.305 e. The summed E-state index contributed by atoms with van der Waals surface area (Å²) in [4.78, 5) is 11.8. The van der Waals surface area contributed by atoms with E-state index >= 15 is 0 Å². The lowest BCUT2D eigenvalue weighted by Gasteiger charge is -2.62. The molecule has 0 spiro atoms. The van der Waals surface area contributed by atoms with Crippen molar-refractivity contribution in [3.05, 3.63) is 12.8 Å². The van der Waals surface area contributed by atoms with Crippen LogP contribution in [-0.2, 0) is 19.0 Å². The van der Waals surface area contributed by atoms with Crippen LogP contribution in [0.15, 0.2) is 12.8 Å². The third-order valence-corrected chi connectivity index (χ3v) is 11.1. The molecule has 0 amide bonds. The van der Waals surface area contributed by atoms with Crippen molar-refractivity contribution in [2.24, 2.45) is 46.3 Å². The van der Waals surface area contributed by atoms with Gasteiger partial charge < -0.3 is 14.2 Å². The van der Waals surface area contributed by atoms with E-state index in [2.05, 4.69) is 27.4 Å². The standard InChI is InChI=1S/C29H48O4/c1-6-32-17-18-33-26-19-25-22(12-11-21-9-7-8-16-28(21,25)3)24-14-13-23(29(24,26)4)20(2)10-15-27(30)31-5/h6,20-26H,1,7-19H2,2-5H3. The van der Waals surface area contributed by atoms with E-state index in [1.165, 1.54) is 71.2 Å². The minimum absolute atomic E-state index is 0.0804. The number of hydrogen-bond acceptors (Lipinski definition) is 4. The van der Waals surface area contributed by atoms with Gasteiger partial charge in [0.2, 0.25) is 0 Å². The fourth-order valence-corrected chi connectivity index (χ4v) is 9.41. The quantitative estimate of drug-likeness (QED) is 0.216. The average molecular weight is 461 g/mol. The van der Waals surface area contributed by atoms with Gasteiger partial charge in [-0.15, -0.1) is 0 Å². The van der Waals surface area contributed by atoms with Gasteiger partial charge in [-0.1, -0.05) is 40.2 Å². The summed E-state index contributed by atoms with van der Waals surface area (Å²) in [6.45, 7) is 12.5. The van der Waals surface area contributed by atoms with Crippen molar-refractivity contribution in [3.63, 3.8) is 0 Å². The van der Waals surface area contributed by atoms with Gasteiger partial charge in [0.15, 0.2) is 0 Å². The van der Waals surface area contributed by atoms with Crippen LogP contribution in [0.1, 0.15) is 91.4 Å². The molecule has 0 aromatic rings. The molecule has 9 atom stereocenters. The Bertz CT molecular complexity index is 691. The maximum atomic E-state index is 11.8. The smallest absolute Gasteiger partial charge is 0.305 e. The molecular formula is C29H48O4. The molecule has 0 aromatic carbocycles. The zero-order chi connectivity index (χ0) is 23.6. The van der Waals surface area contributed by atoms with E-state index in [-0.39, 0.29) is 17.5 Å². The Kier molecular flexibility index (Phi) is 7.83. The van der Waals surface area contributed by atoms with Crippen LogP contribution in [0.4, 0.5) is 0 Å².